The summed E-state index contributed by atoms with van der Waals surface area (Å²) in [5, 5.41) is 15.0. The van der Waals surface area contributed by atoms with Crippen LogP contribution < -0.4 is 21.9 Å². The molecule has 0 bridgehead atoms. The number of anilines is 1. The van der Waals surface area contributed by atoms with E-state index in [2.05, 4.69) is 5.32 Å². The van der Waals surface area contributed by atoms with Crippen molar-refractivity contribution in [2.45, 2.75) is 44.9 Å². The van der Waals surface area contributed by atoms with Crippen molar-refractivity contribution in [1.82, 2.24) is 14.5 Å². The first-order valence-electron chi connectivity index (χ1n) is 13.7. The smallest absolute Gasteiger partial charge is 0.408 e. The molecule has 1 amide bonds. The molecule has 4 rings (SSSR count). The highest BCUT2D eigenvalue weighted by atomic mass is 19.4. The molecule has 0 radical (unpaired) electrons. The molecule has 0 spiro atoms. The Morgan fingerprint density at radius 1 is 0.956 bits per heavy atom. The van der Waals surface area contributed by atoms with Gasteiger partial charge in [0.25, 0.3) is 11.5 Å². The molecular formula is C31H29F5N4O5. The van der Waals surface area contributed by atoms with E-state index in [0.717, 1.165) is 4.57 Å². The molecule has 0 aliphatic rings. The molecule has 0 saturated heterocycles. The number of hydrogen-bond acceptors (Lipinski definition) is 5. The lowest BCUT2D eigenvalue weighted by atomic mass is 9.92. The number of alkyl halides is 3. The number of hydrogen-bond donors (Lipinski definition) is 3. The molecule has 2 atom stereocenters. The third-order valence-electron chi connectivity index (χ3n) is 7.68. The van der Waals surface area contributed by atoms with E-state index >= 15 is 0 Å². The van der Waals surface area contributed by atoms with Crippen molar-refractivity contribution in [3.05, 3.63) is 97.8 Å². The average Bonchev–Trinajstić information content (AvgIpc) is 2.97. The van der Waals surface area contributed by atoms with Crippen LogP contribution in [0.4, 0.5) is 27.6 Å². The summed E-state index contributed by atoms with van der Waals surface area (Å²) >= 11 is 0. The number of benzene rings is 3. The van der Waals surface area contributed by atoms with E-state index in [1.807, 2.05) is 5.32 Å². The largest absolute Gasteiger partial charge is 0.480 e. The van der Waals surface area contributed by atoms with Crippen molar-refractivity contribution in [2.75, 3.05) is 5.32 Å². The maximum atomic E-state index is 14.8. The van der Waals surface area contributed by atoms with Gasteiger partial charge in [0.05, 0.1) is 5.56 Å². The predicted molar refractivity (Wildman–Crippen MR) is 157 cm³/mol. The Kier molecular flexibility index (Phi) is 9.17. The number of nitrogens with one attached hydrogen (secondary N) is 2. The van der Waals surface area contributed by atoms with E-state index in [9.17, 15) is 46.2 Å². The van der Waals surface area contributed by atoms with Gasteiger partial charge in [0.15, 0.2) is 0 Å². The third kappa shape index (κ3) is 6.44. The standard InChI is InChI=1S/C31H29F5N4O5/c1-5-24(31(34,35)36)37-17-13-21(32)26(22(33)14-17)27(41)38-23(29(43)44)12-16-10-11-20(19-9-7-6-8-18(16)19)25-15(2)39(3)30(45)40(4)28(25)42/h6-11,13-14,23-24,37H,5,12H2,1-4H3,(H,38,41)(H,43,44). The molecule has 0 saturated carbocycles. The molecule has 238 valence electrons. The van der Waals surface area contributed by atoms with Gasteiger partial charge in [-0.15, -0.1) is 0 Å². The lowest BCUT2D eigenvalue weighted by molar-refractivity contribution is -0.143. The fraction of sp³-hybridized carbons (Fsp3) is 0.290. The van der Waals surface area contributed by atoms with Crippen LogP contribution in [-0.4, -0.2) is 44.4 Å². The van der Waals surface area contributed by atoms with Crippen molar-refractivity contribution < 1.29 is 36.6 Å². The van der Waals surface area contributed by atoms with Gasteiger partial charge in [-0.2, -0.15) is 13.2 Å². The van der Waals surface area contributed by atoms with Crippen LogP contribution in [-0.2, 0) is 25.3 Å². The van der Waals surface area contributed by atoms with Gasteiger partial charge in [0.1, 0.15) is 29.3 Å². The number of halogens is 5. The third-order valence-corrected chi connectivity index (χ3v) is 7.68. The maximum absolute atomic E-state index is 14.8. The quantitative estimate of drug-likeness (QED) is 0.231. The highest BCUT2D eigenvalue weighted by Gasteiger charge is 2.38. The van der Waals surface area contributed by atoms with Gasteiger partial charge in [0.2, 0.25) is 0 Å². The summed E-state index contributed by atoms with van der Waals surface area (Å²) in [5.41, 5.74) is -1.18. The number of amides is 1. The minimum absolute atomic E-state index is 0.259. The van der Waals surface area contributed by atoms with Crippen LogP contribution in [0.15, 0.2) is 58.1 Å². The highest BCUT2D eigenvalue weighted by Crippen LogP contribution is 2.32. The Balaban J connectivity index is 1.68. The molecule has 0 fully saturated rings. The van der Waals surface area contributed by atoms with Crippen molar-refractivity contribution in [1.29, 1.82) is 0 Å². The molecule has 1 aromatic heterocycles. The second kappa shape index (κ2) is 12.5. The minimum Gasteiger partial charge on any atom is -0.480 e. The molecule has 14 heteroatoms. The second-order valence-corrected chi connectivity index (χ2v) is 10.5. The van der Waals surface area contributed by atoms with E-state index in [4.69, 9.17) is 0 Å². The highest BCUT2D eigenvalue weighted by molar-refractivity contribution is 6.00. The summed E-state index contributed by atoms with van der Waals surface area (Å²) in [6.07, 6.45) is -5.45. The zero-order valence-electron chi connectivity index (χ0n) is 24.6. The normalized spacial score (nSPS) is 13.0. The van der Waals surface area contributed by atoms with Crippen LogP contribution in [0.1, 0.15) is 35.0 Å². The Morgan fingerprint density at radius 2 is 1.56 bits per heavy atom. The maximum Gasteiger partial charge on any atom is 0.408 e. The Labute approximate surface area is 252 Å². The number of aliphatic carboxylic acids is 1. The van der Waals surface area contributed by atoms with E-state index < -0.39 is 70.7 Å². The van der Waals surface area contributed by atoms with Crippen molar-refractivity contribution >= 4 is 28.3 Å². The lowest BCUT2D eigenvalue weighted by Crippen LogP contribution is -2.43. The predicted octanol–water partition coefficient (Wildman–Crippen LogP) is 4.67. The van der Waals surface area contributed by atoms with Gasteiger partial charge in [-0.3, -0.25) is 14.2 Å². The zero-order chi connectivity index (χ0) is 33.4. The fourth-order valence-corrected chi connectivity index (χ4v) is 5.15. The summed E-state index contributed by atoms with van der Waals surface area (Å²) < 4.78 is 71.3. The number of carbonyl (C=O) groups is 2. The van der Waals surface area contributed by atoms with Crippen molar-refractivity contribution in [2.24, 2.45) is 14.1 Å². The number of carboxylic acids is 1. The number of aromatic nitrogens is 2. The first-order valence-corrected chi connectivity index (χ1v) is 13.7. The first kappa shape index (κ1) is 32.9. The van der Waals surface area contributed by atoms with Gasteiger partial charge >= 0.3 is 17.8 Å². The van der Waals surface area contributed by atoms with Crippen LogP contribution in [0.3, 0.4) is 0 Å². The van der Waals surface area contributed by atoms with Crippen LogP contribution >= 0.6 is 0 Å². The molecule has 0 aliphatic carbocycles. The fourth-order valence-electron chi connectivity index (χ4n) is 5.15. The molecule has 1 heterocycles. The van der Waals surface area contributed by atoms with Gasteiger partial charge in [-0.25, -0.2) is 18.4 Å². The van der Waals surface area contributed by atoms with E-state index in [1.54, 1.807) is 43.3 Å². The molecule has 0 aliphatic heterocycles. The van der Waals surface area contributed by atoms with Crippen molar-refractivity contribution in [3.63, 3.8) is 0 Å². The van der Waals surface area contributed by atoms with Crippen LogP contribution in [0, 0.1) is 18.6 Å². The second-order valence-electron chi connectivity index (χ2n) is 10.5. The average molecular weight is 633 g/mol. The van der Waals surface area contributed by atoms with E-state index in [0.29, 0.717) is 39.7 Å². The zero-order valence-corrected chi connectivity index (χ0v) is 24.6. The van der Waals surface area contributed by atoms with Gasteiger partial charge in [-0.1, -0.05) is 43.3 Å². The summed E-state index contributed by atoms with van der Waals surface area (Å²) in [4.78, 5) is 50.6. The van der Waals surface area contributed by atoms with Crippen molar-refractivity contribution in [3.8, 4) is 11.1 Å². The summed E-state index contributed by atoms with van der Waals surface area (Å²) in [6, 6.07) is 7.19. The molecule has 45 heavy (non-hydrogen) atoms. The van der Waals surface area contributed by atoms with E-state index in [1.165, 1.54) is 25.6 Å². The van der Waals surface area contributed by atoms with Gasteiger partial charge in [0, 0.05) is 31.9 Å². The monoisotopic (exact) mass is 632 g/mol. The summed E-state index contributed by atoms with van der Waals surface area (Å²) in [6.45, 7) is 2.85. The number of carboxylic acid groups (broad SMARTS) is 1. The number of rotatable bonds is 9. The van der Waals surface area contributed by atoms with E-state index in [-0.39, 0.29) is 12.0 Å². The number of nitrogens with zero attached hydrogens (tertiary/aromatic N) is 2. The van der Waals surface area contributed by atoms with Crippen LogP contribution in [0.5, 0.6) is 0 Å². The molecular weight excluding hydrogens is 603 g/mol. The molecule has 9 nitrogen and oxygen atoms in total. The minimum atomic E-state index is -4.69. The van der Waals surface area contributed by atoms with Crippen LogP contribution in [0.25, 0.3) is 21.9 Å². The molecule has 2 unspecified atom stereocenters. The number of fused-ring (bicyclic) bond motifs is 1. The van der Waals surface area contributed by atoms with Gasteiger partial charge < -0.3 is 20.3 Å². The molecule has 4 aromatic rings. The molecule has 3 N–H and O–H groups in total. The lowest BCUT2D eigenvalue weighted by Gasteiger charge is -2.22. The summed E-state index contributed by atoms with van der Waals surface area (Å²) in [5.74, 6) is -5.91. The molecule has 3 aromatic carbocycles. The number of carbonyl (C=O) groups excluding carboxylic acids is 1. The topological polar surface area (TPSA) is 122 Å². The SMILES string of the molecule is CCC(Nc1cc(F)c(C(=O)NC(Cc2ccc(-c3c(C)n(C)c(=O)n(C)c3=O)c3ccccc23)C(=O)O)c(F)c1)C(F)(F)F. The Morgan fingerprint density at radius 3 is 2.11 bits per heavy atom. The first-order chi connectivity index (χ1) is 21.1. The van der Waals surface area contributed by atoms with Gasteiger partial charge in [-0.05, 0) is 47.4 Å². The summed E-state index contributed by atoms with van der Waals surface area (Å²) in [7, 11) is 2.88. The Bertz CT molecular complexity index is 1910. The van der Waals surface area contributed by atoms with Crippen LogP contribution in [0.2, 0.25) is 0 Å². The Hall–Kier alpha value is -5.01.